The number of hydrogen-bond acceptors (Lipinski definition) is 5. The van der Waals surface area contributed by atoms with E-state index in [2.05, 4.69) is 10.3 Å². The molecule has 10 heteroatoms. The highest BCUT2D eigenvalue weighted by atomic mass is 32.1. The number of hydrogen-bond donors (Lipinski definition) is 3. The molecule has 0 saturated heterocycles. The molecule has 1 heterocycles. The number of carbonyl (C=O) groups excluding carboxylic acids is 1. The quantitative estimate of drug-likeness (QED) is 0.404. The monoisotopic (exact) mass is 449 g/mol. The summed E-state index contributed by atoms with van der Waals surface area (Å²) < 4.78 is 2.71. The van der Waals surface area contributed by atoms with Gasteiger partial charge in [-0.3, -0.25) is 0 Å². The minimum absolute atomic E-state index is 0.111. The van der Waals surface area contributed by atoms with Crippen molar-refractivity contribution >= 4 is 23.3 Å². The zero-order chi connectivity index (χ0) is 22.5. The highest BCUT2D eigenvalue weighted by Gasteiger charge is 2.14. The van der Waals surface area contributed by atoms with Gasteiger partial charge in [0.15, 0.2) is 5.69 Å². The van der Waals surface area contributed by atoms with E-state index in [1.807, 2.05) is 36.4 Å². The summed E-state index contributed by atoms with van der Waals surface area (Å²) in [6.45, 7) is 0.306. The number of nitrogens with one attached hydrogen (secondary N) is 2. The lowest BCUT2D eigenvalue weighted by Gasteiger charge is -2.11. The molecule has 0 fully saturated rings. The van der Waals surface area contributed by atoms with Crippen LogP contribution >= 0.6 is 11.5 Å². The fourth-order valence-corrected chi connectivity index (χ4v) is 3.94. The van der Waals surface area contributed by atoms with Gasteiger partial charge in [0.25, 0.3) is 0 Å². The summed E-state index contributed by atoms with van der Waals surface area (Å²) in [7, 11) is 0. The number of rotatable bonds is 5. The van der Waals surface area contributed by atoms with E-state index in [0.717, 1.165) is 17.1 Å². The maximum absolute atomic E-state index is 13.2. The van der Waals surface area contributed by atoms with Crippen molar-refractivity contribution in [1.82, 2.24) is 13.8 Å². The summed E-state index contributed by atoms with van der Waals surface area (Å²) in [5, 5.41) is 21.9. The van der Waals surface area contributed by atoms with E-state index in [1.165, 1.54) is 32.8 Å². The van der Waals surface area contributed by atoms with Gasteiger partial charge < -0.3 is 10.5 Å². The van der Waals surface area contributed by atoms with Crippen molar-refractivity contribution in [3.05, 3.63) is 111 Å². The molecule has 32 heavy (non-hydrogen) atoms. The van der Waals surface area contributed by atoms with Crippen molar-refractivity contribution in [2.45, 2.75) is 6.54 Å². The largest absolute Gasteiger partial charge is 0.595 e. The molecule has 0 bridgehead atoms. The molecule has 0 aliphatic carbocycles. The summed E-state index contributed by atoms with van der Waals surface area (Å²) in [6, 6.07) is 23.6. The average molecular weight is 449 g/mol. The summed E-state index contributed by atoms with van der Waals surface area (Å²) in [5.74, 6) is 0. The van der Waals surface area contributed by atoms with Crippen LogP contribution in [-0.4, -0.2) is 19.8 Å². The van der Waals surface area contributed by atoms with E-state index in [4.69, 9.17) is 5.21 Å². The number of urea groups is 1. The molecule has 1 atom stereocenters. The fourth-order valence-electron chi connectivity index (χ4n) is 3.01. The molecule has 2 amide bonds. The predicted molar refractivity (Wildman–Crippen MR) is 119 cm³/mol. The number of benzene rings is 3. The molecule has 162 valence electrons. The van der Waals surface area contributed by atoms with Crippen molar-refractivity contribution in [1.29, 1.82) is 0 Å². The standard InChI is InChI=1S/C22H19N5O4S/c28-20(23-15-16-7-3-1-4-8-16)24-21-25(17-9-5-2-6-10-17)22(29)26(32-21)18-11-13-19(14-12-18)27(30)31/h1-14,27,30H,15H2,(H,23,28). The van der Waals surface area contributed by atoms with Gasteiger partial charge >= 0.3 is 11.7 Å². The second-order valence-electron chi connectivity index (χ2n) is 6.73. The average Bonchev–Trinajstić information content (AvgIpc) is 3.14. The second-order valence-corrected chi connectivity index (χ2v) is 7.64. The van der Waals surface area contributed by atoms with E-state index < -0.39 is 16.9 Å². The van der Waals surface area contributed by atoms with Crippen LogP contribution in [0.3, 0.4) is 0 Å². The summed E-state index contributed by atoms with van der Waals surface area (Å²) in [5.41, 5.74) is 1.65. The van der Waals surface area contributed by atoms with Gasteiger partial charge in [-0.15, -0.1) is 0 Å². The normalized spacial score (nSPS) is 12.5. The molecular weight excluding hydrogens is 430 g/mol. The van der Waals surface area contributed by atoms with Gasteiger partial charge in [0, 0.05) is 18.7 Å². The van der Waals surface area contributed by atoms with Crippen LogP contribution in [0.25, 0.3) is 11.4 Å². The van der Waals surface area contributed by atoms with Crippen LogP contribution < -0.4 is 21.0 Å². The van der Waals surface area contributed by atoms with Crippen molar-refractivity contribution in [3.63, 3.8) is 0 Å². The predicted octanol–water partition coefficient (Wildman–Crippen LogP) is 1.90. The molecular formula is C22H19N5O4S. The minimum atomic E-state index is -1.06. The van der Waals surface area contributed by atoms with Gasteiger partial charge in [0.1, 0.15) is 0 Å². The Morgan fingerprint density at radius 3 is 2.22 bits per heavy atom. The van der Waals surface area contributed by atoms with E-state index in [1.54, 1.807) is 24.3 Å². The Labute approximate surface area is 186 Å². The first-order valence-electron chi connectivity index (χ1n) is 9.64. The molecule has 0 aliphatic rings. The van der Waals surface area contributed by atoms with Crippen LogP contribution in [0.4, 0.5) is 10.5 Å². The van der Waals surface area contributed by atoms with Crippen molar-refractivity contribution in [2.24, 2.45) is 4.99 Å². The number of aromatic nitrogens is 2. The van der Waals surface area contributed by atoms with E-state index in [9.17, 15) is 14.8 Å². The maximum Gasteiger partial charge on any atom is 0.349 e. The first kappa shape index (κ1) is 21.4. The third-order valence-corrected chi connectivity index (χ3v) is 5.56. The number of para-hydroxylation sites is 1. The summed E-state index contributed by atoms with van der Waals surface area (Å²) in [4.78, 5) is 30.0. The maximum atomic E-state index is 13.2. The molecule has 4 rings (SSSR count). The number of amides is 2. The number of quaternary nitrogens is 1. The zero-order valence-corrected chi connectivity index (χ0v) is 17.5. The Balaban J connectivity index is 1.73. The van der Waals surface area contributed by atoms with Crippen LogP contribution in [0.2, 0.25) is 0 Å². The van der Waals surface area contributed by atoms with Crippen LogP contribution in [0.1, 0.15) is 5.56 Å². The lowest BCUT2D eigenvalue weighted by molar-refractivity contribution is -0.991. The van der Waals surface area contributed by atoms with Gasteiger partial charge in [-0.05, 0) is 41.4 Å². The second kappa shape index (κ2) is 9.54. The van der Waals surface area contributed by atoms with Crippen molar-refractivity contribution in [3.8, 4) is 11.4 Å². The van der Waals surface area contributed by atoms with Crippen LogP contribution in [0.5, 0.6) is 0 Å². The highest BCUT2D eigenvalue weighted by molar-refractivity contribution is 7.03. The Bertz CT molecular complexity index is 1330. The molecule has 0 aliphatic heterocycles. The fraction of sp³-hybridized carbons (Fsp3) is 0.0455. The molecule has 0 saturated carbocycles. The third kappa shape index (κ3) is 4.74. The Kier molecular flexibility index (Phi) is 6.38. The summed E-state index contributed by atoms with van der Waals surface area (Å²) in [6.07, 6.45) is 0. The molecule has 1 unspecified atom stereocenters. The minimum Gasteiger partial charge on any atom is -0.595 e. The van der Waals surface area contributed by atoms with Crippen LogP contribution in [0, 0.1) is 5.21 Å². The van der Waals surface area contributed by atoms with Crippen molar-refractivity contribution < 1.29 is 15.2 Å². The van der Waals surface area contributed by atoms with Crippen molar-refractivity contribution in [2.75, 3.05) is 0 Å². The smallest absolute Gasteiger partial charge is 0.349 e. The topological polar surface area (TPSA) is 116 Å². The molecule has 9 nitrogen and oxygen atoms in total. The Morgan fingerprint density at radius 1 is 0.969 bits per heavy atom. The molecule has 0 spiro atoms. The SMILES string of the molecule is O=C(N=c1sn(-c2ccc([NH+]([O-])O)cc2)c(=O)n1-c1ccccc1)NCc1ccccc1. The van der Waals surface area contributed by atoms with Gasteiger partial charge in [0.05, 0.1) is 11.4 Å². The van der Waals surface area contributed by atoms with E-state index in [-0.39, 0.29) is 10.5 Å². The highest BCUT2D eigenvalue weighted by Crippen LogP contribution is 2.11. The first-order valence-corrected chi connectivity index (χ1v) is 10.4. The molecule has 3 aromatic carbocycles. The van der Waals surface area contributed by atoms with Gasteiger partial charge in [0.2, 0.25) is 4.80 Å². The molecule has 3 N–H and O–H groups in total. The number of carbonyl (C=O) groups is 1. The van der Waals surface area contributed by atoms with Gasteiger partial charge in [-0.2, -0.15) is 10.2 Å². The molecule has 4 aromatic rings. The lowest BCUT2D eigenvalue weighted by atomic mass is 10.2. The first-order chi connectivity index (χ1) is 15.5. The molecule has 1 aromatic heterocycles. The summed E-state index contributed by atoms with van der Waals surface area (Å²) >= 11 is 0.991. The van der Waals surface area contributed by atoms with E-state index >= 15 is 0 Å². The van der Waals surface area contributed by atoms with Gasteiger partial charge in [-0.25, -0.2) is 23.3 Å². The van der Waals surface area contributed by atoms with Crippen LogP contribution in [0.15, 0.2) is 94.7 Å². The van der Waals surface area contributed by atoms with Gasteiger partial charge in [-0.1, -0.05) is 48.5 Å². The zero-order valence-electron chi connectivity index (χ0n) is 16.7. The lowest BCUT2D eigenvalue weighted by Crippen LogP contribution is -2.99. The van der Waals surface area contributed by atoms with E-state index in [0.29, 0.717) is 17.9 Å². The number of nitrogens with zero attached hydrogens (tertiary/aromatic N) is 3. The molecule has 0 radical (unpaired) electrons. The third-order valence-electron chi connectivity index (χ3n) is 4.58. The Hall–Kier alpha value is -3.83. The van der Waals surface area contributed by atoms with Crippen LogP contribution in [-0.2, 0) is 6.54 Å². The Morgan fingerprint density at radius 2 is 1.59 bits per heavy atom.